The summed E-state index contributed by atoms with van der Waals surface area (Å²) in [6, 6.07) is 20.2. The number of rotatable bonds is 3. The monoisotopic (exact) mass is 355 g/mol. The molecule has 3 aromatic rings. The molecular formula is C19H13BrFO. The van der Waals surface area contributed by atoms with Crippen LogP contribution >= 0.6 is 15.9 Å². The van der Waals surface area contributed by atoms with Crippen molar-refractivity contribution >= 4 is 15.9 Å². The highest BCUT2D eigenvalue weighted by molar-refractivity contribution is 9.10. The van der Waals surface area contributed by atoms with Gasteiger partial charge in [0.2, 0.25) is 5.75 Å². The van der Waals surface area contributed by atoms with Crippen LogP contribution in [0.25, 0.3) is 11.1 Å². The molecule has 0 saturated carbocycles. The van der Waals surface area contributed by atoms with Gasteiger partial charge in [-0.2, -0.15) is 0 Å². The van der Waals surface area contributed by atoms with Crippen LogP contribution in [0.15, 0.2) is 71.2 Å². The molecule has 1 radical (unpaired) electrons. The lowest BCUT2D eigenvalue weighted by Crippen LogP contribution is -1.93. The number of hydrogen-bond donors (Lipinski definition) is 0. The molecule has 0 unspecified atom stereocenters. The molecule has 0 aliphatic rings. The van der Waals surface area contributed by atoms with Crippen LogP contribution in [0.2, 0.25) is 0 Å². The molecule has 3 aromatic carbocycles. The molecule has 22 heavy (non-hydrogen) atoms. The first-order chi connectivity index (χ1) is 10.6. The normalized spacial score (nSPS) is 10.6. The van der Waals surface area contributed by atoms with Gasteiger partial charge in [-0.05, 0) is 23.3 Å². The minimum atomic E-state index is -0.684. The van der Waals surface area contributed by atoms with Crippen LogP contribution in [-0.4, -0.2) is 0 Å². The van der Waals surface area contributed by atoms with Gasteiger partial charge in [0.05, 0.1) is 0 Å². The first kappa shape index (κ1) is 14.8. The Morgan fingerprint density at radius 3 is 2.23 bits per heavy atom. The van der Waals surface area contributed by atoms with Gasteiger partial charge in [-0.3, -0.25) is 5.11 Å². The third-order valence-corrected chi connectivity index (χ3v) is 4.10. The van der Waals surface area contributed by atoms with Crippen molar-refractivity contribution in [3.05, 3.63) is 88.1 Å². The van der Waals surface area contributed by atoms with E-state index in [4.69, 9.17) is 0 Å². The summed E-state index contributed by atoms with van der Waals surface area (Å²) in [4.78, 5) is 0. The van der Waals surface area contributed by atoms with Gasteiger partial charge >= 0.3 is 0 Å². The minimum Gasteiger partial charge on any atom is -0.286 e. The van der Waals surface area contributed by atoms with Crippen molar-refractivity contribution in [3.8, 4) is 16.9 Å². The van der Waals surface area contributed by atoms with E-state index in [1.807, 2.05) is 42.5 Å². The molecule has 3 rings (SSSR count). The van der Waals surface area contributed by atoms with E-state index in [0.29, 0.717) is 23.1 Å². The van der Waals surface area contributed by atoms with Crippen molar-refractivity contribution in [2.24, 2.45) is 0 Å². The maximum Gasteiger partial charge on any atom is 0.218 e. The van der Waals surface area contributed by atoms with Gasteiger partial charge in [0.1, 0.15) is 0 Å². The molecule has 0 amide bonds. The number of halogens is 2. The summed E-state index contributed by atoms with van der Waals surface area (Å²) in [6.07, 6.45) is 0.442. The standard InChI is InChI=1S/C19H13BrFO/c20-16-9-6-14(7-10-16)17-11-8-15(19(22)18(17)21)12-13-4-2-1-3-5-13/h1-11H,12H2. The lowest BCUT2D eigenvalue weighted by molar-refractivity contribution is 0.326. The Bertz CT molecular complexity index is 783. The summed E-state index contributed by atoms with van der Waals surface area (Å²) in [5, 5.41) is 12.2. The molecule has 0 aliphatic heterocycles. The number of benzene rings is 3. The lowest BCUT2D eigenvalue weighted by atomic mass is 9.98. The summed E-state index contributed by atoms with van der Waals surface area (Å²) >= 11 is 3.34. The molecule has 3 heteroatoms. The lowest BCUT2D eigenvalue weighted by Gasteiger charge is -2.08. The Labute approximate surface area is 137 Å². The first-order valence-corrected chi connectivity index (χ1v) is 7.72. The highest BCUT2D eigenvalue weighted by Gasteiger charge is 2.15. The van der Waals surface area contributed by atoms with Gasteiger partial charge in [0.25, 0.3) is 0 Å². The Morgan fingerprint density at radius 2 is 1.55 bits per heavy atom. The second-order valence-electron chi connectivity index (χ2n) is 5.08. The van der Waals surface area contributed by atoms with Crippen LogP contribution in [0.3, 0.4) is 0 Å². The van der Waals surface area contributed by atoms with Crippen LogP contribution in [0.5, 0.6) is 5.75 Å². The summed E-state index contributed by atoms with van der Waals surface area (Å²) in [7, 11) is 0. The van der Waals surface area contributed by atoms with Gasteiger partial charge in [-0.1, -0.05) is 70.5 Å². The Kier molecular flexibility index (Phi) is 4.25. The molecule has 0 N–H and O–H groups in total. The average molecular weight is 356 g/mol. The third kappa shape index (κ3) is 3.04. The van der Waals surface area contributed by atoms with E-state index in [0.717, 1.165) is 10.0 Å². The van der Waals surface area contributed by atoms with Crippen LogP contribution in [0.1, 0.15) is 11.1 Å². The van der Waals surface area contributed by atoms with Crippen molar-refractivity contribution in [1.29, 1.82) is 0 Å². The molecule has 1 nitrogen and oxygen atoms in total. The first-order valence-electron chi connectivity index (χ1n) is 6.93. The molecular weight excluding hydrogens is 343 g/mol. The topological polar surface area (TPSA) is 19.9 Å². The summed E-state index contributed by atoms with van der Waals surface area (Å²) in [5.74, 6) is -1.21. The highest BCUT2D eigenvalue weighted by atomic mass is 79.9. The Balaban J connectivity index is 1.96. The van der Waals surface area contributed by atoms with Gasteiger partial charge in [-0.25, -0.2) is 4.39 Å². The van der Waals surface area contributed by atoms with E-state index in [-0.39, 0.29) is 0 Å². The van der Waals surface area contributed by atoms with E-state index in [2.05, 4.69) is 15.9 Å². The largest absolute Gasteiger partial charge is 0.286 e. The zero-order valence-corrected chi connectivity index (χ0v) is 13.3. The fraction of sp³-hybridized carbons (Fsp3) is 0.0526. The summed E-state index contributed by atoms with van der Waals surface area (Å²) in [5.41, 5.74) is 2.51. The number of hydrogen-bond acceptors (Lipinski definition) is 0. The molecule has 0 atom stereocenters. The maximum absolute atomic E-state index is 14.4. The highest BCUT2D eigenvalue weighted by Crippen LogP contribution is 2.33. The molecule has 109 valence electrons. The minimum absolute atomic E-state index is 0.342. The average Bonchev–Trinajstić information content (AvgIpc) is 2.54. The smallest absolute Gasteiger partial charge is 0.218 e. The van der Waals surface area contributed by atoms with Crippen molar-refractivity contribution in [2.75, 3.05) is 0 Å². The van der Waals surface area contributed by atoms with Gasteiger partial charge in [-0.15, -0.1) is 0 Å². The van der Waals surface area contributed by atoms with E-state index in [1.165, 1.54) is 0 Å². The molecule has 0 heterocycles. The van der Waals surface area contributed by atoms with E-state index < -0.39 is 11.6 Å². The molecule has 0 fully saturated rings. The van der Waals surface area contributed by atoms with Crippen molar-refractivity contribution in [2.45, 2.75) is 6.42 Å². The molecule has 0 saturated heterocycles. The fourth-order valence-corrected chi connectivity index (χ4v) is 2.67. The van der Waals surface area contributed by atoms with Crippen LogP contribution in [-0.2, 0) is 11.5 Å². The predicted molar refractivity (Wildman–Crippen MR) is 88.9 cm³/mol. The van der Waals surface area contributed by atoms with Crippen LogP contribution in [0, 0.1) is 5.82 Å². The van der Waals surface area contributed by atoms with Crippen molar-refractivity contribution in [1.82, 2.24) is 0 Å². The Hall–Kier alpha value is -2.13. The van der Waals surface area contributed by atoms with Crippen molar-refractivity contribution in [3.63, 3.8) is 0 Å². The molecule has 0 spiro atoms. The SMILES string of the molecule is [O]c1c(Cc2ccccc2)ccc(-c2ccc(Br)cc2)c1F. The summed E-state index contributed by atoms with van der Waals surface area (Å²) < 4.78 is 15.3. The van der Waals surface area contributed by atoms with E-state index in [9.17, 15) is 9.50 Å². The second kappa shape index (κ2) is 6.32. The maximum atomic E-state index is 14.4. The second-order valence-corrected chi connectivity index (χ2v) is 6.00. The summed E-state index contributed by atoms with van der Waals surface area (Å²) in [6.45, 7) is 0. The zero-order valence-electron chi connectivity index (χ0n) is 11.7. The van der Waals surface area contributed by atoms with Crippen LogP contribution < -0.4 is 0 Å². The van der Waals surface area contributed by atoms with Gasteiger partial charge in [0, 0.05) is 22.0 Å². The molecule has 0 aromatic heterocycles. The van der Waals surface area contributed by atoms with Crippen molar-refractivity contribution < 1.29 is 9.50 Å². The Morgan fingerprint density at radius 1 is 0.864 bits per heavy atom. The fourth-order valence-electron chi connectivity index (χ4n) is 2.40. The third-order valence-electron chi connectivity index (χ3n) is 3.57. The van der Waals surface area contributed by atoms with Gasteiger partial charge in [0.15, 0.2) is 5.82 Å². The van der Waals surface area contributed by atoms with E-state index >= 15 is 0 Å². The van der Waals surface area contributed by atoms with Gasteiger partial charge < -0.3 is 0 Å². The molecule has 0 bridgehead atoms. The zero-order chi connectivity index (χ0) is 15.5. The molecule has 0 aliphatic carbocycles. The quantitative estimate of drug-likeness (QED) is 0.549. The van der Waals surface area contributed by atoms with Crippen LogP contribution in [0.4, 0.5) is 4.39 Å². The van der Waals surface area contributed by atoms with E-state index in [1.54, 1.807) is 24.3 Å². The predicted octanol–water partition coefficient (Wildman–Crippen LogP) is 5.99.